The van der Waals surface area contributed by atoms with Crippen molar-refractivity contribution in [1.82, 2.24) is 9.97 Å². The smallest absolute Gasteiger partial charge is 0.0513 e. The highest BCUT2D eigenvalue weighted by molar-refractivity contribution is 6.96. The monoisotopic (exact) mass is 372 g/mol. The van der Waals surface area contributed by atoms with Crippen LogP contribution in [0.25, 0.3) is 10.8 Å². The summed E-state index contributed by atoms with van der Waals surface area (Å²) in [4.78, 5) is 9.97. The van der Waals surface area contributed by atoms with Crippen LogP contribution in [0.2, 0.25) is 39.3 Å². The molecule has 2 heterocycles. The molecule has 138 valence electrons. The molecule has 0 aliphatic carbocycles. The molecule has 0 unspecified atom stereocenters. The third-order valence-electron chi connectivity index (χ3n) is 5.06. The lowest BCUT2D eigenvalue weighted by molar-refractivity contribution is 0.775. The molecule has 0 saturated heterocycles. The van der Waals surface area contributed by atoms with E-state index >= 15 is 0 Å². The molecule has 2 aromatic rings. The molecule has 0 aromatic carbocycles. The summed E-state index contributed by atoms with van der Waals surface area (Å²) in [6, 6.07) is 4.72. The molecule has 0 radical (unpaired) electrons. The van der Waals surface area contributed by atoms with Crippen LogP contribution >= 0.6 is 0 Å². The van der Waals surface area contributed by atoms with E-state index in [0.717, 1.165) is 17.8 Å². The van der Waals surface area contributed by atoms with Gasteiger partial charge in [-0.3, -0.25) is 9.97 Å². The summed E-state index contributed by atoms with van der Waals surface area (Å²) in [5.74, 6) is 0. The van der Waals surface area contributed by atoms with Crippen molar-refractivity contribution in [2.45, 2.75) is 84.5 Å². The van der Waals surface area contributed by atoms with E-state index in [2.05, 4.69) is 72.2 Å². The Labute approximate surface area is 156 Å². The quantitative estimate of drug-likeness (QED) is 0.546. The number of unbranched alkanes of at least 4 members (excludes halogenated alkanes) is 1. The molecule has 0 bridgehead atoms. The van der Waals surface area contributed by atoms with Crippen molar-refractivity contribution in [1.29, 1.82) is 0 Å². The van der Waals surface area contributed by atoms with Crippen LogP contribution in [0.3, 0.4) is 0 Å². The van der Waals surface area contributed by atoms with E-state index in [4.69, 9.17) is 9.97 Å². The van der Waals surface area contributed by atoms with Gasteiger partial charge in [-0.05, 0) is 49.4 Å². The molecule has 0 fully saturated rings. The van der Waals surface area contributed by atoms with Crippen LogP contribution < -0.4 is 0 Å². The van der Waals surface area contributed by atoms with E-state index in [-0.39, 0.29) is 0 Å². The number of hydrogen-bond donors (Lipinski definition) is 0. The first-order valence-electron chi connectivity index (χ1n) is 9.73. The third kappa shape index (κ3) is 4.59. The predicted molar refractivity (Wildman–Crippen MR) is 117 cm³/mol. The summed E-state index contributed by atoms with van der Waals surface area (Å²) in [6.45, 7) is 21.6. The van der Waals surface area contributed by atoms with Crippen molar-refractivity contribution in [3.63, 3.8) is 0 Å². The van der Waals surface area contributed by atoms with Crippen molar-refractivity contribution in [3.05, 3.63) is 34.9 Å². The average Bonchev–Trinajstić information content (AvgIpc) is 2.40. The largest absolute Gasteiger partial charge is 0.258 e. The van der Waals surface area contributed by atoms with Gasteiger partial charge in [-0.2, -0.15) is 0 Å². The molecule has 0 spiro atoms. The van der Waals surface area contributed by atoms with E-state index < -0.39 is 16.1 Å². The van der Waals surface area contributed by atoms with E-state index in [0.29, 0.717) is 5.16 Å². The van der Waals surface area contributed by atoms with Gasteiger partial charge in [0.05, 0.1) is 16.1 Å². The fourth-order valence-electron chi connectivity index (χ4n) is 4.61. The minimum absolute atomic E-state index is 0.677. The molecular formula is C21H36N2Si2. The second-order valence-electron chi connectivity index (χ2n) is 9.70. The maximum absolute atomic E-state index is 5.12. The Kier molecular flexibility index (Phi) is 5.94. The first kappa shape index (κ1) is 20.3. The van der Waals surface area contributed by atoms with Gasteiger partial charge >= 0.3 is 0 Å². The van der Waals surface area contributed by atoms with Crippen LogP contribution in [0.15, 0.2) is 12.1 Å². The van der Waals surface area contributed by atoms with Gasteiger partial charge in [0.15, 0.2) is 0 Å². The summed E-state index contributed by atoms with van der Waals surface area (Å²) in [5, 5.41) is 3.28. The Bertz CT molecular complexity index is 741. The zero-order valence-corrected chi connectivity index (χ0v) is 19.7. The lowest BCUT2D eigenvalue weighted by Gasteiger charge is -2.38. The van der Waals surface area contributed by atoms with E-state index in [1.807, 2.05) is 0 Å². The van der Waals surface area contributed by atoms with Crippen LogP contribution in [0.4, 0.5) is 0 Å². The van der Waals surface area contributed by atoms with Crippen molar-refractivity contribution in [2.75, 3.05) is 0 Å². The number of hydrogen-bond acceptors (Lipinski definition) is 2. The molecule has 2 aromatic heterocycles. The lowest BCUT2D eigenvalue weighted by atomic mass is 10.1. The van der Waals surface area contributed by atoms with Crippen molar-refractivity contribution in [2.24, 2.45) is 0 Å². The van der Waals surface area contributed by atoms with Crippen LogP contribution in [0, 0.1) is 13.8 Å². The molecule has 2 rings (SSSR count). The minimum atomic E-state index is -1.34. The van der Waals surface area contributed by atoms with Gasteiger partial charge in [-0.1, -0.05) is 52.6 Å². The van der Waals surface area contributed by atoms with Gasteiger partial charge in [-0.25, -0.2) is 0 Å². The summed E-state index contributed by atoms with van der Waals surface area (Å²) in [7, 11) is -2.68. The molecule has 0 saturated carbocycles. The van der Waals surface area contributed by atoms with Gasteiger partial charge in [-0.15, -0.1) is 0 Å². The average molecular weight is 373 g/mol. The standard InChI is InChI=1S/C21H36N2Si2/c1-10-11-12-18-13-17-14-19(21(24(4,5)6)25(7,8)9)23-16(3)20(17)15(2)22-18/h13-14,21H,10-12H2,1-9H3. The second kappa shape index (κ2) is 7.32. The van der Waals surface area contributed by atoms with Crippen molar-refractivity contribution < 1.29 is 0 Å². The molecule has 0 aliphatic heterocycles. The summed E-state index contributed by atoms with van der Waals surface area (Å²) < 4.78 is 0. The van der Waals surface area contributed by atoms with Gasteiger partial charge in [0.2, 0.25) is 0 Å². The molecule has 25 heavy (non-hydrogen) atoms. The number of nitrogens with zero attached hydrogens (tertiary/aromatic N) is 2. The normalized spacial score (nSPS) is 13.0. The maximum Gasteiger partial charge on any atom is 0.0513 e. The Morgan fingerprint density at radius 1 is 0.880 bits per heavy atom. The van der Waals surface area contributed by atoms with Gasteiger partial charge < -0.3 is 0 Å². The Morgan fingerprint density at radius 3 is 1.96 bits per heavy atom. The lowest BCUT2D eigenvalue weighted by Crippen LogP contribution is -2.47. The number of rotatable bonds is 6. The summed E-state index contributed by atoms with van der Waals surface area (Å²) in [6.07, 6.45) is 3.50. The molecule has 2 nitrogen and oxygen atoms in total. The Morgan fingerprint density at radius 2 is 1.44 bits per heavy atom. The van der Waals surface area contributed by atoms with E-state index in [9.17, 15) is 0 Å². The fraction of sp³-hybridized carbons (Fsp3) is 0.619. The first-order valence-corrected chi connectivity index (χ1v) is 16.9. The number of fused-ring (bicyclic) bond motifs is 1. The minimum Gasteiger partial charge on any atom is -0.258 e. The van der Waals surface area contributed by atoms with Crippen LogP contribution in [0.5, 0.6) is 0 Å². The number of aryl methyl sites for hydroxylation is 3. The SMILES string of the molecule is CCCCc1cc2cc(C([Si](C)(C)C)[Si](C)(C)C)nc(C)c2c(C)n1. The van der Waals surface area contributed by atoms with Gasteiger partial charge in [0.1, 0.15) is 0 Å². The van der Waals surface area contributed by atoms with Crippen LogP contribution in [-0.2, 0) is 6.42 Å². The topological polar surface area (TPSA) is 25.8 Å². The maximum atomic E-state index is 5.12. The van der Waals surface area contributed by atoms with Crippen LogP contribution in [-0.4, -0.2) is 26.1 Å². The zero-order chi connectivity index (χ0) is 19.0. The van der Waals surface area contributed by atoms with Crippen molar-refractivity contribution >= 4 is 26.9 Å². The van der Waals surface area contributed by atoms with Crippen LogP contribution in [0.1, 0.15) is 47.7 Å². The van der Waals surface area contributed by atoms with Gasteiger partial charge in [0, 0.05) is 28.2 Å². The zero-order valence-electron chi connectivity index (χ0n) is 17.7. The number of aromatic nitrogens is 2. The summed E-state index contributed by atoms with van der Waals surface area (Å²) >= 11 is 0. The Hall–Kier alpha value is -1.01. The highest BCUT2D eigenvalue weighted by Gasteiger charge is 2.39. The van der Waals surface area contributed by atoms with Crippen molar-refractivity contribution in [3.8, 4) is 0 Å². The fourth-order valence-corrected chi connectivity index (χ4v) is 17.1. The van der Waals surface area contributed by atoms with E-state index in [1.165, 1.54) is 35.0 Å². The molecule has 0 atom stereocenters. The molecule has 0 amide bonds. The molecule has 4 heteroatoms. The third-order valence-corrected chi connectivity index (χ3v) is 14.3. The summed E-state index contributed by atoms with van der Waals surface area (Å²) in [5.41, 5.74) is 4.87. The molecular weight excluding hydrogens is 336 g/mol. The predicted octanol–water partition coefficient (Wildman–Crippen LogP) is 6.43. The molecule has 0 aliphatic rings. The molecule has 0 N–H and O–H groups in total. The first-order chi connectivity index (χ1) is 11.4. The second-order valence-corrected chi connectivity index (χ2v) is 20.9. The number of pyridine rings is 2. The van der Waals surface area contributed by atoms with E-state index in [1.54, 1.807) is 0 Å². The highest BCUT2D eigenvalue weighted by atomic mass is 28.4. The van der Waals surface area contributed by atoms with Gasteiger partial charge in [0.25, 0.3) is 0 Å². The Balaban J connectivity index is 2.66. The highest BCUT2D eigenvalue weighted by Crippen LogP contribution is 2.36.